The van der Waals surface area contributed by atoms with Crippen molar-refractivity contribution in [3.63, 3.8) is 0 Å². The topological polar surface area (TPSA) is 63.7 Å². The minimum atomic E-state index is -4.01. The first-order valence-corrected chi connectivity index (χ1v) is 11.0. The number of allylic oxidation sites excluding steroid dienone is 2. The zero-order valence-corrected chi connectivity index (χ0v) is 18.9. The number of nitrogens with zero attached hydrogens (tertiary/aromatic N) is 1. The largest absolute Gasteiger partial charge is 0.461 e. The van der Waals surface area contributed by atoms with Gasteiger partial charge in [0.15, 0.2) is 4.91 Å². The highest BCUT2D eigenvalue weighted by molar-refractivity contribution is 7.96. The van der Waals surface area contributed by atoms with Crippen LogP contribution in [0.1, 0.15) is 46.1 Å². The maximum Gasteiger partial charge on any atom is 0.350 e. The van der Waals surface area contributed by atoms with Gasteiger partial charge in [-0.25, -0.2) is 13.2 Å². The Labute approximate surface area is 170 Å². The zero-order valence-electron chi connectivity index (χ0n) is 18.1. The monoisotopic (exact) mass is 407 g/mol. The number of carbonyl (C=O) groups excluding carboxylic acids is 1. The lowest BCUT2D eigenvalue weighted by molar-refractivity contribution is -0.141. The summed E-state index contributed by atoms with van der Waals surface area (Å²) in [6.07, 6.45) is 4.98. The van der Waals surface area contributed by atoms with E-state index in [0.29, 0.717) is 5.57 Å². The average molecular weight is 408 g/mol. The van der Waals surface area contributed by atoms with Gasteiger partial charge in [0.05, 0.1) is 11.5 Å². The van der Waals surface area contributed by atoms with Gasteiger partial charge in [-0.3, -0.25) is 0 Å². The molecule has 28 heavy (non-hydrogen) atoms. The molecule has 0 aromatic heterocycles. The highest BCUT2D eigenvalue weighted by Crippen LogP contribution is 2.28. The number of hydrogen-bond acceptors (Lipinski definition) is 5. The molecule has 0 radical (unpaired) electrons. The number of rotatable bonds is 9. The van der Waals surface area contributed by atoms with E-state index in [4.69, 9.17) is 4.74 Å². The van der Waals surface area contributed by atoms with Gasteiger partial charge in [-0.1, -0.05) is 38.5 Å². The normalized spacial score (nSPS) is 13.4. The average Bonchev–Trinajstić information content (AvgIpc) is 2.64. The van der Waals surface area contributed by atoms with Gasteiger partial charge in [-0.2, -0.15) is 0 Å². The van der Waals surface area contributed by atoms with Crippen LogP contribution in [0.5, 0.6) is 0 Å². The van der Waals surface area contributed by atoms with Crippen LogP contribution in [0, 0.1) is 12.3 Å². The summed E-state index contributed by atoms with van der Waals surface area (Å²) in [5, 5.41) is 0. The van der Waals surface area contributed by atoms with Crippen molar-refractivity contribution in [3.05, 3.63) is 52.6 Å². The molecule has 1 aromatic rings. The molecule has 1 aromatic carbocycles. The molecular formula is C22H33NO4S. The second-order valence-corrected chi connectivity index (χ2v) is 9.59. The summed E-state index contributed by atoms with van der Waals surface area (Å²) in [7, 11) is -0.363. The molecule has 0 atom stereocenters. The third-order valence-corrected chi connectivity index (χ3v) is 6.94. The van der Waals surface area contributed by atoms with Gasteiger partial charge < -0.3 is 9.64 Å². The van der Waals surface area contributed by atoms with E-state index in [0.717, 1.165) is 18.4 Å². The van der Waals surface area contributed by atoms with Crippen molar-refractivity contribution in [1.29, 1.82) is 0 Å². The lowest BCUT2D eigenvalue weighted by Crippen LogP contribution is -2.26. The smallest absolute Gasteiger partial charge is 0.350 e. The van der Waals surface area contributed by atoms with Crippen LogP contribution in [0.3, 0.4) is 0 Å². The Morgan fingerprint density at radius 3 is 2.14 bits per heavy atom. The molecular weight excluding hydrogens is 374 g/mol. The highest BCUT2D eigenvalue weighted by atomic mass is 32.2. The van der Waals surface area contributed by atoms with Gasteiger partial charge in [0, 0.05) is 19.5 Å². The molecule has 0 heterocycles. The molecule has 0 aliphatic rings. The Hall–Kier alpha value is -2.08. The van der Waals surface area contributed by atoms with Crippen LogP contribution in [0.4, 0.5) is 0 Å². The summed E-state index contributed by atoms with van der Waals surface area (Å²) in [6.45, 7) is 9.75. The van der Waals surface area contributed by atoms with Crippen molar-refractivity contribution in [2.45, 2.75) is 52.4 Å². The molecule has 0 unspecified atom stereocenters. The van der Waals surface area contributed by atoms with Crippen molar-refractivity contribution in [1.82, 2.24) is 4.90 Å². The zero-order chi connectivity index (χ0) is 21.5. The van der Waals surface area contributed by atoms with E-state index in [9.17, 15) is 13.2 Å². The van der Waals surface area contributed by atoms with Gasteiger partial charge in [-0.15, -0.1) is 0 Å². The number of carbonyl (C=O) groups is 1. The predicted octanol–water partition coefficient (Wildman–Crippen LogP) is 4.49. The van der Waals surface area contributed by atoms with Crippen LogP contribution in [0.25, 0.3) is 0 Å². The fourth-order valence-corrected chi connectivity index (χ4v) is 3.91. The molecule has 0 spiro atoms. The second-order valence-electron chi connectivity index (χ2n) is 7.70. The molecule has 5 nitrogen and oxygen atoms in total. The van der Waals surface area contributed by atoms with E-state index < -0.39 is 15.8 Å². The third kappa shape index (κ3) is 6.23. The first kappa shape index (κ1) is 24.0. The molecule has 0 saturated carbocycles. The molecule has 0 N–H and O–H groups in total. The minimum absolute atomic E-state index is 0.0800. The van der Waals surface area contributed by atoms with Crippen molar-refractivity contribution in [2.75, 3.05) is 20.7 Å². The molecule has 156 valence electrons. The Balaban J connectivity index is 3.39. The highest BCUT2D eigenvalue weighted by Gasteiger charge is 2.32. The van der Waals surface area contributed by atoms with E-state index in [2.05, 4.69) is 0 Å². The van der Waals surface area contributed by atoms with E-state index in [1.807, 2.05) is 41.8 Å². The molecule has 0 saturated heterocycles. The van der Waals surface area contributed by atoms with Crippen molar-refractivity contribution >= 4 is 15.8 Å². The predicted molar refractivity (Wildman–Crippen MR) is 114 cm³/mol. The van der Waals surface area contributed by atoms with Crippen LogP contribution >= 0.6 is 0 Å². The number of hydrogen-bond donors (Lipinski definition) is 0. The van der Waals surface area contributed by atoms with Crippen LogP contribution < -0.4 is 0 Å². The van der Waals surface area contributed by atoms with E-state index in [1.54, 1.807) is 36.2 Å². The molecule has 0 aliphatic heterocycles. The molecule has 0 amide bonds. The minimum Gasteiger partial charge on any atom is -0.461 e. The third-order valence-electron chi connectivity index (χ3n) is 5.03. The van der Waals surface area contributed by atoms with Crippen LogP contribution in [-0.4, -0.2) is 40.0 Å². The van der Waals surface area contributed by atoms with Gasteiger partial charge in [0.25, 0.3) is 0 Å². The second kappa shape index (κ2) is 9.92. The van der Waals surface area contributed by atoms with Gasteiger partial charge in [0.2, 0.25) is 9.84 Å². The summed E-state index contributed by atoms with van der Waals surface area (Å²) in [5.74, 6) is -0.811. The maximum atomic E-state index is 13.2. The van der Waals surface area contributed by atoms with Crippen LogP contribution in [0.2, 0.25) is 0 Å². The number of sulfone groups is 1. The summed E-state index contributed by atoms with van der Waals surface area (Å²) >= 11 is 0. The number of benzene rings is 1. The van der Waals surface area contributed by atoms with Gasteiger partial charge in [0.1, 0.15) is 0 Å². The summed E-state index contributed by atoms with van der Waals surface area (Å²) < 4.78 is 31.9. The molecule has 6 heteroatoms. The number of aryl methyl sites for hydroxylation is 1. The lowest BCUT2D eigenvalue weighted by Gasteiger charge is -2.26. The Morgan fingerprint density at radius 2 is 1.68 bits per heavy atom. The summed E-state index contributed by atoms with van der Waals surface area (Å²) in [4.78, 5) is 14.4. The van der Waals surface area contributed by atoms with Gasteiger partial charge in [-0.05, 0) is 56.7 Å². The van der Waals surface area contributed by atoms with Crippen molar-refractivity contribution < 1.29 is 17.9 Å². The molecule has 0 fully saturated rings. The molecule has 0 aliphatic carbocycles. The van der Waals surface area contributed by atoms with Crippen LogP contribution in [0.15, 0.2) is 51.9 Å². The Bertz CT molecular complexity index is 830. The van der Waals surface area contributed by atoms with E-state index >= 15 is 0 Å². The summed E-state index contributed by atoms with van der Waals surface area (Å²) in [6, 6.07) is 6.46. The van der Waals surface area contributed by atoms with E-state index in [-0.39, 0.29) is 21.8 Å². The molecule has 0 bridgehead atoms. The quantitative estimate of drug-likeness (QED) is 0.343. The Morgan fingerprint density at radius 1 is 1.14 bits per heavy atom. The molecule has 1 rings (SSSR count). The maximum absolute atomic E-state index is 13.2. The standard InChI is InChI=1S/C22H33NO4S/c1-8-22(5,9-2)16-27-21(24)20(18(4)14-15-23(6)7)28(25,26)19-12-10-17(3)11-13-19/h10-15H,8-9,16H2,1-7H3/b15-14+,20-18-. The first-order chi connectivity index (χ1) is 13.0. The van der Waals surface area contributed by atoms with Crippen molar-refractivity contribution in [2.24, 2.45) is 5.41 Å². The fourth-order valence-electron chi connectivity index (χ4n) is 2.41. The van der Waals surface area contributed by atoms with Crippen molar-refractivity contribution in [3.8, 4) is 0 Å². The summed E-state index contributed by atoms with van der Waals surface area (Å²) in [5.41, 5.74) is 1.11. The van der Waals surface area contributed by atoms with E-state index in [1.165, 1.54) is 12.1 Å². The number of ether oxygens (including phenoxy) is 1. The SMILES string of the molecule is CCC(C)(CC)COC(=O)/C(=C(C)/C=C/N(C)C)S(=O)(=O)c1ccc(C)cc1. The number of esters is 1. The van der Waals surface area contributed by atoms with Gasteiger partial charge >= 0.3 is 5.97 Å². The van der Waals surface area contributed by atoms with Crippen LogP contribution in [-0.2, 0) is 19.4 Å². The first-order valence-electron chi connectivity index (χ1n) is 9.51. The fraction of sp³-hybridized carbons (Fsp3) is 0.500. The lowest BCUT2D eigenvalue weighted by atomic mass is 9.86. The Kier molecular flexibility index (Phi) is 8.48.